The van der Waals surface area contributed by atoms with Crippen molar-refractivity contribution in [1.82, 2.24) is 0 Å². The Morgan fingerprint density at radius 2 is 0.706 bits per heavy atom. The molecule has 0 radical (unpaired) electrons. The number of alkyl halides is 1. The molecule has 0 aromatic heterocycles. The predicted molar refractivity (Wildman–Crippen MR) is 140 cm³/mol. The van der Waals surface area contributed by atoms with E-state index in [-0.39, 0.29) is 64.2 Å². The fourth-order valence-corrected chi connectivity index (χ4v) is 5.45. The van der Waals surface area contributed by atoms with Crippen molar-refractivity contribution in [2.24, 2.45) is 0 Å². The summed E-state index contributed by atoms with van der Waals surface area (Å²) in [4.78, 5) is 0. The molecule has 200 valence electrons. The average Bonchev–Trinajstić information content (AvgIpc) is 2.77. The van der Waals surface area contributed by atoms with Gasteiger partial charge in [0.1, 0.15) is 10.1 Å². The van der Waals surface area contributed by atoms with Gasteiger partial charge in [-0.3, -0.25) is 0 Å². The Balaban J connectivity index is 0. The summed E-state index contributed by atoms with van der Waals surface area (Å²) >= 11 is 0. The standard InChI is InChI=1S/C28H57FO3S.K/c1-3-5-7-9-11-13-14-15-16-17-19-21-23-25-27-28(29,33(30,31)32)26-24-22-20-18-12-10-8-6-4-2;/h3-27H2,1-2H3,(H,30,31,32);/q;+1/p-1. The molecule has 0 aliphatic rings. The van der Waals surface area contributed by atoms with Crippen molar-refractivity contribution in [3.05, 3.63) is 0 Å². The van der Waals surface area contributed by atoms with Gasteiger partial charge in [0, 0.05) is 0 Å². The van der Waals surface area contributed by atoms with E-state index in [1.807, 2.05) is 0 Å². The van der Waals surface area contributed by atoms with Gasteiger partial charge < -0.3 is 4.55 Å². The van der Waals surface area contributed by atoms with Gasteiger partial charge in [0.15, 0.2) is 5.00 Å². The minimum Gasteiger partial charge on any atom is -0.745 e. The summed E-state index contributed by atoms with van der Waals surface area (Å²) in [5.74, 6) is 0. The van der Waals surface area contributed by atoms with Crippen LogP contribution in [0.2, 0.25) is 0 Å². The monoisotopic (exact) mass is 530 g/mol. The molecule has 0 saturated carbocycles. The molecule has 6 heteroatoms. The Kier molecular flexibility index (Phi) is 28.9. The summed E-state index contributed by atoms with van der Waals surface area (Å²) in [6.07, 6.45) is 26.1. The Bertz CT molecular complexity index is 516. The molecule has 0 bridgehead atoms. The first-order valence-corrected chi connectivity index (χ1v) is 15.9. The van der Waals surface area contributed by atoms with Crippen LogP contribution in [-0.4, -0.2) is 18.0 Å². The zero-order valence-electron chi connectivity index (χ0n) is 23.2. The van der Waals surface area contributed by atoms with Crippen molar-refractivity contribution in [3.8, 4) is 0 Å². The maximum Gasteiger partial charge on any atom is 1.00 e. The van der Waals surface area contributed by atoms with Crippen molar-refractivity contribution >= 4 is 10.1 Å². The minimum atomic E-state index is -4.91. The first-order valence-electron chi connectivity index (χ1n) is 14.5. The van der Waals surface area contributed by atoms with Crippen molar-refractivity contribution in [1.29, 1.82) is 0 Å². The topological polar surface area (TPSA) is 57.2 Å². The molecule has 0 spiro atoms. The van der Waals surface area contributed by atoms with Gasteiger partial charge in [-0.15, -0.1) is 0 Å². The van der Waals surface area contributed by atoms with Gasteiger partial charge in [-0.25, -0.2) is 12.8 Å². The van der Waals surface area contributed by atoms with E-state index in [4.69, 9.17) is 0 Å². The molecule has 0 amide bonds. The normalized spacial score (nSPS) is 13.5. The number of rotatable bonds is 26. The van der Waals surface area contributed by atoms with E-state index in [1.54, 1.807) is 0 Å². The van der Waals surface area contributed by atoms with E-state index in [0.717, 1.165) is 38.5 Å². The molecule has 0 aromatic rings. The summed E-state index contributed by atoms with van der Waals surface area (Å²) in [6, 6.07) is 0. The second kappa shape index (κ2) is 26.1. The third-order valence-corrected chi connectivity index (χ3v) is 8.31. The van der Waals surface area contributed by atoms with Crippen LogP contribution in [-0.2, 0) is 10.1 Å². The summed E-state index contributed by atoms with van der Waals surface area (Å²) < 4.78 is 49.6. The molecule has 0 aliphatic heterocycles. The third kappa shape index (κ3) is 22.7. The van der Waals surface area contributed by atoms with Crippen LogP contribution in [0.5, 0.6) is 0 Å². The summed E-state index contributed by atoms with van der Waals surface area (Å²) in [5.41, 5.74) is 0. The van der Waals surface area contributed by atoms with Gasteiger partial charge in [-0.05, 0) is 25.7 Å². The van der Waals surface area contributed by atoms with Gasteiger partial charge in [0.25, 0.3) is 0 Å². The van der Waals surface area contributed by atoms with Gasteiger partial charge in [-0.1, -0.05) is 149 Å². The zero-order chi connectivity index (χ0) is 24.7. The molecular weight excluding hydrogens is 474 g/mol. The van der Waals surface area contributed by atoms with Crippen LogP contribution in [0.4, 0.5) is 4.39 Å². The van der Waals surface area contributed by atoms with Crippen molar-refractivity contribution in [2.75, 3.05) is 0 Å². The molecule has 34 heavy (non-hydrogen) atoms. The van der Waals surface area contributed by atoms with Crippen LogP contribution in [0.25, 0.3) is 0 Å². The quantitative estimate of drug-likeness (QED) is 0.0687. The largest absolute Gasteiger partial charge is 1.00 e. The molecule has 0 fully saturated rings. The first-order chi connectivity index (χ1) is 15.9. The van der Waals surface area contributed by atoms with E-state index in [9.17, 15) is 17.4 Å². The van der Waals surface area contributed by atoms with Crippen LogP contribution in [0.15, 0.2) is 0 Å². The summed E-state index contributed by atoms with van der Waals surface area (Å²) in [5, 5.41) is -2.56. The molecule has 1 unspecified atom stereocenters. The molecule has 3 nitrogen and oxygen atoms in total. The predicted octanol–water partition coefficient (Wildman–Crippen LogP) is 6.99. The number of halogens is 1. The maximum atomic E-state index is 15.0. The van der Waals surface area contributed by atoms with Crippen LogP contribution < -0.4 is 51.4 Å². The molecule has 0 heterocycles. The maximum absolute atomic E-state index is 15.0. The SMILES string of the molecule is CCCCCCCCCCCCCCCCC(F)(CCCCCCCCCCC)S(=O)(=O)[O-].[K+]. The number of hydrogen-bond donors (Lipinski definition) is 0. The fourth-order valence-electron chi connectivity index (χ4n) is 4.66. The molecular formula is C28H56FKO3S. The minimum absolute atomic E-state index is 0. The molecule has 0 saturated heterocycles. The molecule has 0 rings (SSSR count). The van der Waals surface area contributed by atoms with Crippen LogP contribution in [0.1, 0.15) is 174 Å². The Labute approximate surface area is 255 Å². The zero-order valence-corrected chi connectivity index (χ0v) is 27.1. The fraction of sp³-hybridized carbons (Fsp3) is 1.00. The van der Waals surface area contributed by atoms with Gasteiger partial charge in [0.2, 0.25) is 0 Å². The summed E-state index contributed by atoms with van der Waals surface area (Å²) in [7, 11) is -4.91. The Morgan fingerprint density at radius 3 is 0.912 bits per heavy atom. The number of unbranched alkanes of at least 4 members (excludes halogenated alkanes) is 21. The second-order valence-electron chi connectivity index (χ2n) is 10.3. The van der Waals surface area contributed by atoms with Crippen molar-refractivity contribution in [3.63, 3.8) is 0 Å². The first kappa shape index (κ1) is 37.6. The molecule has 1 atom stereocenters. The van der Waals surface area contributed by atoms with E-state index in [1.165, 1.54) is 96.3 Å². The van der Waals surface area contributed by atoms with E-state index in [0.29, 0.717) is 12.8 Å². The number of hydrogen-bond acceptors (Lipinski definition) is 3. The molecule has 0 N–H and O–H groups in total. The van der Waals surface area contributed by atoms with Crippen LogP contribution in [0, 0.1) is 0 Å². The van der Waals surface area contributed by atoms with E-state index < -0.39 is 15.1 Å². The van der Waals surface area contributed by atoms with Crippen LogP contribution >= 0.6 is 0 Å². The van der Waals surface area contributed by atoms with E-state index >= 15 is 0 Å². The Hall–Kier alpha value is 1.48. The Morgan fingerprint density at radius 1 is 0.500 bits per heavy atom. The van der Waals surface area contributed by atoms with Gasteiger partial charge in [-0.2, -0.15) is 0 Å². The summed E-state index contributed by atoms with van der Waals surface area (Å²) in [6.45, 7) is 4.45. The molecule has 0 aromatic carbocycles. The second-order valence-corrected chi connectivity index (χ2v) is 11.9. The van der Waals surface area contributed by atoms with Gasteiger partial charge in [0.05, 0.1) is 0 Å². The van der Waals surface area contributed by atoms with Gasteiger partial charge >= 0.3 is 51.4 Å². The van der Waals surface area contributed by atoms with E-state index in [2.05, 4.69) is 13.8 Å². The van der Waals surface area contributed by atoms with Crippen molar-refractivity contribution < 1.29 is 68.7 Å². The smallest absolute Gasteiger partial charge is 0.745 e. The van der Waals surface area contributed by atoms with Crippen molar-refractivity contribution in [2.45, 2.75) is 179 Å². The van der Waals surface area contributed by atoms with Crippen LogP contribution in [0.3, 0.4) is 0 Å². The third-order valence-electron chi connectivity index (χ3n) is 7.01. The molecule has 0 aliphatic carbocycles. The average molecular weight is 531 g/mol.